The van der Waals surface area contributed by atoms with E-state index in [0.29, 0.717) is 29.3 Å². The molecule has 0 aliphatic rings. The van der Waals surface area contributed by atoms with E-state index in [-0.39, 0.29) is 0 Å². The number of amidine groups is 1. The van der Waals surface area contributed by atoms with Crippen LogP contribution >= 0.6 is 12.2 Å². The maximum Gasteiger partial charge on any atom is 0.200 e. The monoisotopic (exact) mass is 245 g/mol. The average Bonchev–Trinajstić information content (AvgIpc) is 2.70. The summed E-state index contributed by atoms with van der Waals surface area (Å²) in [6.07, 6.45) is 1.32. The Balaban J connectivity index is 2.39. The normalized spacial score (nSPS) is 11.5. The third-order valence-corrected chi connectivity index (χ3v) is 2.23. The van der Waals surface area contributed by atoms with Crippen molar-refractivity contribution >= 4 is 23.9 Å². The van der Waals surface area contributed by atoms with Crippen molar-refractivity contribution in [3.05, 3.63) is 4.64 Å². The standard InChI is InChI=1S/C6H15N9S/c7-10-4(11-8)2-1-3-15(9)5-6(16)13-14-12-5/h1-3,7-9H2,(H,10,11)(H2,12,13,14,16). The Morgan fingerprint density at radius 1 is 1.62 bits per heavy atom. The molecule has 1 aromatic heterocycles. The first-order valence-corrected chi connectivity index (χ1v) is 4.98. The van der Waals surface area contributed by atoms with Crippen LogP contribution in [-0.4, -0.2) is 27.8 Å². The van der Waals surface area contributed by atoms with Gasteiger partial charge in [0.25, 0.3) is 0 Å². The predicted octanol–water partition coefficient (Wildman–Crippen LogP) is -1.34. The zero-order chi connectivity index (χ0) is 12.0. The van der Waals surface area contributed by atoms with E-state index in [1.54, 1.807) is 0 Å². The number of rotatable bonds is 5. The van der Waals surface area contributed by atoms with Crippen molar-refractivity contribution in [3.63, 3.8) is 0 Å². The first kappa shape index (κ1) is 12.4. The number of hydrazone groups is 1. The minimum atomic E-state index is 0.465. The molecule has 0 atom stereocenters. The van der Waals surface area contributed by atoms with Gasteiger partial charge in [-0.3, -0.25) is 10.1 Å². The van der Waals surface area contributed by atoms with Crippen molar-refractivity contribution in [2.45, 2.75) is 12.8 Å². The Morgan fingerprint density at radius 2 is 2.38 bits per heavy atom. The van der Waals surface area contributed by atoms with E-state index in [9.17, 15) is 0 Å². The summed E-state index contributed by atoms with van der Waals surface area (Å²) in [5.74, 6) is 17.0. The van der Waals surface area contributed by atoms with E-state index in [4.69, 9.17) is 29.7 Å². The number of nitrogens with two attached hydrogens (primary N) is 3. The van der Waals surface area contributed by atoms with Crippen molar-refractivity contribution in [1.29, 1.82) is 0 Å². The molecule has 0 unspecified atom stereocenters. The number of aromatic amines is 2. The molecule has 0 bridgehead atoms. The maximum atomic E-state index is 5.75. The summed E-state index contributed by atoms with van der Waals surface area (Å²) in [6, 6.07) is 0. The van der Waals surface area contributed by atoms with Gasteiger partial charge in [0.2, 0.25) is 5.82 Å². The van der Waals surface area contributed by atoms with Crippen LogP contribution in [0.2, 0.25) is 0 Å². The van der Waals surface area contributed by atoms with E-state index < -0.39 is 0 Å². The van der Waals surface area contributed by atoms with Crippen molar-refractivity contribution < 1.29 is 0 Å². The molecule has 0 radical (unpaired) electrons. The van der Waals surface area contributed by atoms with Gasteiger partial charge in [0.1, 0.15) is 5.84 Å². The highest BCUT2D eigenvalue weighted by molar-refractivity contribution is 7.71. The first-order valence-electron chi connectivity index (χ1n) is 4.57. The molecule has 16 heavy (non-hydrogen) atoms. The highest BCUT2D eigenvalue weighted by Crippen LogP contribution is 2.06. The van der Waals surface area contributed by atoms with Gasteiger partial charge in [0.15, 0.2) is 4.64 Å². The third kappa shape index (κ3) is 3.18. The lowest BCUT2D eigenvalue weighted by Crippen LogP contribution is -2.35. The van der Waals surface area contributed by atoms with E-state index in [0.717, 1.165) is 6.42 Å². The first-order chi connectivity index (χ1) is 7.69. The highest BCUT2D eigenvalue weighted by Gasteiger charge is 2.07. The number of nitrogens with one attached hydrogen (secondary N) is 3. The number of aromatic nitrogens is 3. The Bertz CT molecular complexity index is 393. The fourth-order valence-corrected chi connectivity index (χ4v) is 1.34. The van der Waals surface area contributed by atoms with Crippen LogP contribution < -0.4 is 28.0 Å². The topological polar surface area (TPSA) is 150 Å². The highest BCUT2D eigenvalue weighted by atomic mass is 32.1. The van der Waals surface area contributed by atoms with Crippen LogP contribution in [0.1, 0.15) is 12.8 Å². The van der Waals surface area contributed by atoms with E-state index in [1.165, 1.54) is 5.01 Å². The lowest BCUT2D eigenvalue weighted by Gasteiger charge is -2.14. The molecule has 9 N–H and O–H groups in total. The number of H-pyrrole nitrogens is 2. The van der Waals surface area contributed by atoms with Crippen LogP contribution in [0.15, 0.2) is 5.10 Å². The van der Waals surface area contributed by atoms with Crippen LogP contribution in [0.25, 0.3) is 0 Å². The quantitative estimate of drug-likeness (QED) is 0.123. The van der Waals surface area contributed by atoms with Crippen LogP contribution in [0.3, 0.4) is 0 Å². The minimum Gasteiger partial charge on any atom is -0.322 e. The van der Waals surface area contributed by atoms with Crippen molar-refractivity contribution in [1.82, 2.24) is 20.8 Å². The molecular formula is C6H15N9S. The molecule has 0 spiro atoms. The zero-order valence-electron chi connectivity index (χ0n) is 8.60. The summed E-state index contributed by atoms with van der Waals surface area (Å²) >= 11 is 4.96. The molecule has 1 heterocycles. The number of nitrogens with zero attached hydrogens (tertiary/aromatic N) is 3. The van der Waals surface area contributed by atoms with Gasteiger partial charge in [-0.2, -0.15) is 5.10 Å². The Kier molecular flexibility index (Phi) is 4.69. The molecule has 0 aliphatic heterocycles. The van der Waals surface area contributed by atoms with Crippen LogP contribution in [0, 0.1) is 4.64 Å². The lowest BCUT2D eigenvalue weighted by molar-refractivity contribution is 0.750. The van der Waals surface area contributed by atoms with Gasteiger partial charge in [-0.1, -0.05) is 12.2 Å². The Morgan fingerprint density at radius 3 is 2.88 bits per heavy atom. The van der Waals surface area contributed by atoms with Gasteiger partial charge in [0, 0.05) is 13.0 Å². The molecular weight excluding hydrogens is 230 g/mol. The molecule has 0 aliphatic carbocycles. The SMILES string of the molecule is N/N=C(/CCCN(N)c1n[nH][nH]c1=S)NN. The number of hydrogen-bond acceptors (Lipinski definition) is 7. The van der Waals surface area contributed by atoms with Crippen LogP contribution in [0.5, 0.6) is 0 Å². The maximum absolute atomic E-state index is 5.75. The van der Waals surface area contributed by atoms with Crippen molar-refractivity contribution in [2.75, 3.05) is 11.6 Å². The zero-order valence-corrected chi connectivity index (χ0v) is 9.42. The minimum absolute atomic E-state index is 0.465. The van der Waals surface area contributed by atoms with Gasteiger partial charge in [-0.25, -0.2) is 16.9 Å². The fraction of sp³-hybridized carbons (Fsp3) is 0.500. The summed E-state index contributed by atoms with van der Waals surface area (Å²) in [5.41, 5.74) is 2.39. The second kappa shape index (κ2) is 6.05. The third-order valence-electron chi connectivity index (χ3n) is 1.94. The summed E-state index contributed by atoms with van der Waals surface area (Å²) < 4.78 is 0.465. The predicted molar refractivity (Wildman–Crippen MR) is 63.5 cm³/mol. The molecule has 0 saturated carbocycles. The van der Waals surface area contributed by atoms with Crippen molar-refractivity contribution in [2.24, 2.45) is 22.6 Å². The Labute approximate surface area is 97.0 Å². The van der Waals surface area contributed by atoms with Gasteiger partial charge in [-0.05, 0) is 6.42 Å². The number of anilines is 1. The van der Waals surface area contributed by atoms with Crippen LogP contribution in [0.4, 0.5) is 5.82 Å². The van der Waals surface area contributed by atoms with Gasteiger partial charge in [-0.15, -0.1) is 5.10 Å². The summed E-state index contributed by atoms with van der Waals surface area (Å²) in [5, 5.41) is 14.0. The van der Waals surface area contributed by atoms with Gasteiger partial charge < -0.3 is 11.3 Å². The van der Waals surface area contributed by atoms with E-state index in [2.05, 4.69) is 25.9 Å². The fourth-order valence-electron chi connectivity index (χ4n) is 1.13. The largest absolute Gasteiger partial charge is 0.322 e. The molecule has 9 nitrogen and oxygen atoms in total. The molecule has 1 rings (SSSR count). The molecule has 1 aromatic rings. The molecule has 90 valence electrons. The molecule has 0 fully saturated rings. The second-order valence-corrected chi connectivity index (χ2v) is 3.43. The van der Waals surface area contributed by atoms with E-state index >= 15 is 0 Å². The smallest absolute Gasteiger partial charge is 0.200 e. The summed E-state index contributed by atoms with van der Waals surface area (Å²) in [4.78, 5) is 0. The number of hydrazine groups is 2. The lowest BCUT2D eigenvalue weighted by atomic mass is 10.3. The number of hydrogen-bond donors (Lipinski definition) is 6. The Hall–Kier alpha value is -1.65. The molecule has 0 saturated heterocycles. The second-order valence-electron chi connectivity index (χ2n) is 3.02. The molecule has 10 heteroatoms. The van der Waals surface area contributed by atoms with Gasteiger partial charge >= 0.3 is 0 Å². The van der Waals surface area contributed by atoms with Crippen LogP contribution in [-0.2, 0) is 0 Å². The van der Waals surface area contributed by atoms with Crippen molar-refractivity contribution in [3.8, 4) is 0 Å². The average molecular weight is 245 g/mol. The summed E-state index contributed by atoms with van der Waals surface area (Å²) in [7, 11) is 0. The van der Waals surface area contributed by atoms with E-state index in [1.807, 2.05) is 0 Å². The summed E-state index contributed by atoms with van der Waals surface area (Å²) in [6.45, 7) is 0.559. The van der Waals surface area contributed by atoms with Gasteiger partial charge in [0.05, 0.1) is 0 Å². The molecule has 0 aromatic carbocycles. The molecule has 0 amide bonds.